The molecule has 3 rings (SSSR count). The van der Waals surface area contributed by atoms with Gasteiger partial charge in [-0.25, -0.2) is 0 Å². The second-order valence-electron chi connectivity index (χ2n) is 7.51. The first kappa shape index (κ1) is 23.4. The van der Waals surface area contributed by atoms with Crippen molar-refractivity contribution in [2.24, 2.45) is 11.7 Å². The molecule has 0 aromatic heterocycles. The van der Waals surface area contributed by atoms with E-state index in [9.17, 15) is 9.59 Å². The molecule has 1 saturated carbocycles. The first-order valence-corrected chi connectivity index (χ1v) is 9.80. The minimum atomic E-state index is -0.149. The number of nitrogens with zero attached hydrogens (tertiary/aromatic N) is 1. The van der Waals surface area contributed by atoms with E-state index in [4.69, 9.17) is 15.9 Å². The van der Waals surface area contributed by atoms with Gasteiger partial charge in [-0.15, -0.1) is 12.4 Å². The van der Waals surface area contributed by atoms with Crippen molar-refractivity contribution in [2.45, 2.75) is 31.7 Å². The molecule has 0 atom stereocenters. The first-order valence-electron chi connectivity index (χ1n) is 9.80. The highest BCUT2D eigenvalue weighted by molar-refractivity contribution is 5.96. The number of hydrogen-bond donors (Lipinski definition) is 2. The predicted octanol–water partition coefficient (Wildman–Crippen LogP) is 3.86. The third kappa shape index (κ3) is 5.19. The number of nitrogens with one attached hydrogen (secondary N) is 1. The predicted molar refractivity (Wildman–Crippen MR) is 120 cm³/mol. The number of ether oxygens (including phenoxy) is 1. The molecule has 1 aliphatic rings. The minimum absolute atomic E-state index is 0. The van der Waals surface area contributed by atoms with Crippen molar-refractivity contribution >= 4 is 30.1 Å². The van der Waals surface area contributed by atoms with E-state index in [0.717, 1.165) is 36.8 Å². The van der Waals surface area contributed by atoms with Crippen molar-refractivity contribution in [1.82, 2.24) is 4.90 Å². The Bertz CT molecular complexity index is 889. The molecule has 0 spiro atoms. The fourth-order valence-electron chi connectivity index (χ4n) is 3.88. The Balaban J connectivity index is 0.00000320. The molecule has 1 fully saturated rings. The quantitative estimate of drug-likeness (QED) is 0.428. The highest BCUT2D eigenvalue weighted by Gasteiger charge is 2.30. The van der Waals surface area contributed by atoms with Crippen LogP contribution in [0.15, 0.2) is 48.5 Å². The van der Waals surface area contributed by atoms with Crippen LogP contribution in [-0.4, -0.2) is 42.8 Å². The second kappa shape index (κ2) is 10.3. The summed E-state index contributed by atoms with van der Waals surface area (Å²) in [5.41, 5.74) is 8.82. The Labute approximate surface area is 183 Å². The maximum Gasteiger partial charge on any atom is 0.308 e. The van der Waals surface area contributed by atoms with Crippen LogP contribution in [0.2, 0.25) is 0 Å². The smallest absolute Gasteiger partial charge is 0.308 e. The Hall–Kier alpha value is -2.86. The normalized spacial score (nSPS) is 18.1. The Morgan fingerprint density at radius 3 is 1.83 bits per heavy atom. The van der Waals surface area contributed by atoms with E-state index < -0.39 is 0 Å². The molecule has 160 valence electrons. The van der Waals surface area contributed by atoms with Crippen LogP contribution < -0.4 is 5.73 Å². The van der Waals surface area contributed by atoms with E-state index in [0.29, 0.717) is 11.1 Å². The van der Waals surface area contributed by atoms with E-state index in [1.54, 1.807) is 4.90 Å². The van der Waals surface area contributed by atoms with Gasteiger partial charge in [-0.05, 0) is 48.9 Å². The Kier molecular flexibility index (Phi) is 8.00. The van der Waals surface area contributed by atoms with Gasteiger partial charge in [-0.2, -0.15) is 0 Å². The summed E-state index contributed by atoms with van der Waals surface area (Å²) in [6.07, 6.45) is 3.12. The third-order valence-electron chi connectivity index (χ3n) is 5.76. The highest BCUT2D eigenvalue weighted by atomic mass is 35.5. The maximum atomic E-state index is 12.9. The number of halogens is 1. The molecule has 0 heterocycles. The number of carbonyl (C=O) groups is 2. The van der Waals surface area contributed by atoms with Gasteiger partial charge in [0.15, 0.2) is 0 Å². The molecule has 1 amide bonds. The average Bonchev–Trinajstić information content (AvgIpc) is 2.77. The number of rotatable bonds is 5. The van der Waals surface area contributed by atoms with Gasteiger partial charge in [0.1, 0.15) is 5.84 Å². The number of hydrogen-bond acceptors (Lipinski definition) is 4. The van der Waals surface area contributed by atoms with Crippen LogP contribution >= 0.6 is 12.4 Å². The molecule has 2 aromatic carbocycles. The topological polar surface area (TPSA) is 96.5 Å². The lowest BCUT2D eigenvalue weighted by Gasteiger charge is -2.33. The van der Waals surface area contributed by atoms with Crippen molar-refractivity contribution < 1.29 is 14.3 Å². The number of amidine groups is 1. The molecular weight excluding hydrogens is 402 g/mol. The van der Waals surface area contributed by atoms with Gasteiger partial charge in [0, 0.05) is 24.2 Å². The van der Waals surface area contributed by atoms with Gasteiger partial charge in [0.05, 0.1) is 13.0 Å². The Morgan fingerprint density at radius 2 is 1.40 bits per heavy atom. The largest absolute Gasteiger partial charge is 0.469 e. The van der Waals surface area contributed by atoms with Crippen LogP contribution in [0, 0.1) is 11.3 Å². The second-order valence-corrected chi connectivity index (χ2v) is 7.51. The van der Waals surface area contributed by atoms with Crippen molar-refractivity contribution in [3.63, 3.8) is 0 Å². The monoisotopic (exact) mass is 429 g/mol. The van der Waals surface area contributed by atoms with Crippen LogP contribution in [0.3, 0.4) is 0 Å². The van der Waals surface area contributed by atoms with Crippen molar-refractivity contribution in [2.75, 3.05) is 14.2 Å². The molecule has 6 nitrogen and oxygen atoms in total. The lowest BCUT2D eigenvalue weighted by atomic mass is 9.85. The van der Waals surface area contributed by atoms with Crippen molar-refractivity contribution in [1.29, 1.82) is 5.41 Å². The number of amides is 1. The summed E-state index contributed by atoms with van der Waals surface area (Å²) in [6.45, 7) is 0. The van der Waals surface area contributed by atoms with Gasteiger partial charge in [0.25, 0.3) is 5.91 Å². The van der Waals surface area contributed by atoms with Crippen molar-refractivity contribution in [3.8, 4) is 11.1 Å². The van der Waals surface area contributed by atoms with Gasteiger partial charge in [-0.3, -0.25) is 15.0 Å². The summed E-state index contributed by atoms with van der Waals surface area (Å²) in [6, 6.07) is 15.1. The summed E-state index contributed by atoms with van der Waals surface area (Å²) in [4.78, 5) is 26.4. The molecule has 30 heavy (non-hydrogen) atoms. The van der Waals surface area contributed by atoms with Gasteiger partial charge in [0.2, 0.25) is 0 Å². The highest BCUT2D eigenvalue weighted by Crippen LogP contribution is 2.29. The van der Waals surface area contributed by atoms with E-state index in [1.807, 2.05) is 55.6 Å². The van der Waals surface area contributed by atoms with Crippen molar-refractivity contribution in [3.05, 3.63) is 59.7 Å². The number of carbonyl (C=O) groups excluding carboxylic acids is 2. The van der Waals surface area contributed by atoms with E-state index in [1.165, 1.54) is 7.11 Å². The lowest BCUT2D eigenvalue weighted by molar-refractivity contribution is -0.146. The number of benzene rings is 2. The maximum absolute atomic E-state index is 12.9. The molecular formula is C23H28ClN3O3. The van der Waals surface area contributed by atoms with Crippen LogP contribution in [0.1, 0.15) is 41.6 Å². The molecule has 2 aromatic rings. The number of nitrogens with two attached hydrogens (primary N) is 1. The number of methoxy groups -OCH3 is 1. The number of nitrogen functional groups attached to an aromatic ring is 1. The van der Waals surface area contributed by atoms with E-state index in [-0.39, 0.29) is 42.1 Å². The molecule has 0 saturated heterocycles. The standard InChI is InChI=1S/C23H27N3O3.ClH/c1-26(20-13-11-19(12-14-20)23(28)29-2)22(27)18-9-5-16(6-10-18)15-3-7-17(8-4-15)21(24)25;/h3-10,19-20H,11-14H2,1-2H3,(H3,24,25);1H. The zero-order chi connectivity index (χ0) is 21.0. The molecule has 3 N–H and O–H groups in total. The summed E-state index contributed by atoms with van der Waals surface area (Å²) >= 11 is 0. The fourth-order valence-corrected chi connectivity index (χ4v) is 3.88. The van der Waals surface area contributed by atoms with Gasteiger partial charge >= 0.3 is 5.97 Å². The van der Waals surface area contributed by atoms with Crippen LogP contribution in [0.25, 0.3) is 11.1 Å². The molecule has 0 unspecified atom stereocenters. The molecule has 1 aliphatic carbocycles. The summed E-state index contributed by atoms with van der Waals surface area (Å²) < 4.78 is 4.83. The summed E-state index contributed by atoms with van der Waals surface area (Å²) in [7, 11) is 3.26. The minimum Gasteiger partial charge on any atom is -0.469 e. The van der Waals surface area contributed by atoms with Gasteiger partial charge in [-0.1, -0.05) is 36.4 Å². The summed E-state index contributed by atoms with van der Waals surface area (Å²) in [5.74, 6) is -0.163. The number of esters is 1. The Morgan fingerprint density at radius 1 is 0.933 bits per heavy atom. The van der Waals surface area contributed by atoms with E-state index in [2.05, 4.69) is 0 Å². The summed E-state index contributed by atoms with van der Waals surface area (Å²) in [5, 5.41) is 7.46. The van der Waals surface area contributed by atoms with Crippen LogP contribution in [0.4, 0.5) is 0 Å². The van der Waals surface area contributed by atoms with Gasteiger partial charge < -0.3 is 15.4 Å². The molecule has 0 radical (unpaired) electrons. The SMILES string of the molecule is COC(=O)C1CCC(N(C)C(=O)c2ccc(-c3ccc(C(=N)N)cc3)cc2)CC1.Cl. The van der Waals surface area contributed by atoms with E-state index >= 15 is 0 Å². The zero-order valence-corrected chi connectivity index (χ0v) is 18.1. The fraction of sp³-hybridized carbons (Fsp3) is 0.348. The molecule has 7 heteroatoms. The molecule has 0 bridgehead atoms. The molecule has 0 aliphatic heterocycles. The van der Waals surface area contributed by atoms with Crippen LogP contribution in [-0.2, 0) is 9.53 Å². The lowest BCUT2D eigenvalue weighted by Crippen LogP contribution is -2.40. The zero-order valence-electron chi connectivity index (χ0n) is 17.3. The average molecular weight is 430 g/mol. The third-order valence-corrected chi connectivity index (χ3v) is 5.76. The van der Waals surface area contributed by atoms with Crippen LogP contribution in [0.5, 0.6) is 0 Å². The first-order chi connectivity index (χ1) is 13.9.